The first-order valence-corrected chi connectivity index (χ1v) is 8.62. The predicted molar refractivity (Wildman–Crippen MR) is 85.3 cm³/mol. The molecule has 0 aliphatic heterocycles. The van der Waals surface area contributed by atoms with Crippen molar-refractivity contribution in [1.29, 1.82) is 0 Å². The van der Waals surface area contributed by atoms with Gasteiger partial charge in [0.1, 0.15) is 10.7 Å². The highest BCUT2D eigenvalue weighted by atomic mass is 79.9. The number of nitrogens with zero attached hydrogens (tertiary/aromatic N) is 1. The van der Waals surface area contributed by atoms with Crippen molar-refractivity contribution < 1.29 is 12.8 Å². The van der Waals surface area contributed by atoms with Crippen LogP contribution in [0.15, 0.2) is 57.9 Å². The van der Waals surface area contributed by atoms with E-state index in [9.17, 15) is 12.8 Å². The highest BCUT2D eigenvalue weighted by Crippen LogP contribution is 2.29. The minimum atomic E-state index is -3.98. The van der Waals surface area contributed by atoms with Gasteiger partial charge in [-0.2, -0.15) is 0 Å². The molecule has 0 atom stereocenters. The van der Waals surface area contributed by atoms with Crippen LogP contribution in [-0.4, -0.2) is 14.5 Å². The van der Waals surface area contributed by atoms with Gasteiger partial charge in [0.25, 0.3) is 10.0 Å². The predicted octanol–water partition coefficient (Wildman–Crippen LogP) is 4.19. The fourth-order valence-electron chi connectivity index (χ4n) is 2.07. The topological polar surface area (TPSA) is 37.4 Å². The second-order valence-electron chi connectivity index (χ2n) is 4.80. The second-order valence-corrected chi connectivity index (χ2v) is 7.50. The molecule has 0 fully saturated rings. The van der Waals surface area contributed by atoms with Gasteiger partial charge >= 0.3 is 0 Å². The smallest absolute Gasteiger partial charge is 0.264 e. The zero-order valence-corrected chi connectivity index (χ0v) is 14.0. The lowest BCUT2D eigenvalue weighted by atomic mass is 10.3. The van der Waals surface area contributed by atoms with Crippen LogP contribution in [0.25, 0.3) is 0 Å². The molecule has 2 rings (SSSR count). The minimum Gasteiger partial charge on any atom is -0.264 e. The standard InChI is InChI=1S/C15H15BrFNO2S/c1-11(2)18(13-6-4-3-5-7-13)21(19,20)15-10-12(16)8-9-14(15)17/h3-11H,1-2H3. The Labute approximate surface area is 132 Å². The van der Waals surface area contributed by atoms with E-state index in [0.29, 0.717) is 10.2 Å². The van der Waals surface area contributed by atoms with Crippen molar-refractivity contribution in [2.75, 3.05) is 4.31 Å². The monoisotopic (exact) mass is 371 g/mol. The summed E-state index contributed by atoms with van der Waals surface area (Å²) in [5, 5.41) is 0. The number of hydrogen-bond acceptors (Lipinski definition) is 2. The van der Waals surface area contributed by atoms with Crippen LogP contribution < -0.4 is 4.31 Å². The molecule has 0 aliphatic rings. The molecule has 0 saturated carbocycles. The van der Waals surface area contributed by atoms with Gasteiger partial charge in [-0.25, -0.2) is 12.8 Å². The van der Waals surface area contributed by atoms with Crippen molar-refractivity contribution in [3.05, 3.63) is 58.8 Å². The third kappa shape index (κ3) is 3.27. The van der Waals surface area contributed by atoms with Gasteiger partial charge in [0.05, 0.1) is 5.69 Å². The zero-order valence-electron chi connectivity index (χ0n) is 11.6. The lowest BCUT2D eigenvalue weighted by molar-refractivity contribution is 0.559. The second kappa shape index (κ2) is 6.15. The molecule has 0 aromatic heterocycles. The molecule has 0 unspecified atom stereocenters. The number of halogens is 2. The van der Waals surface area contributed by atoms with Crippen molar-refractivity contribution in [1.82, 2.24) is 0 Å². The van der Waals surface area contributed by atoms with Gasteiger partial charge in [-0.05, 0) is 44.2 Å². The van der Waals surface area contributed by atoms with Crippen LogP contribution in [0.3, 0.4) is 0 Å². The van der Waals surface area contributed by atoms with E-state index in [-0.39, 0.29) is 10.9 Å². The number of sulfonamides is 1. The van der Waals surface area contributed by atoms with Gasteiger partial charge in [0.2, 0.25) is 0 Å². The molecule has 0 aliphatic carbocycles. The molecule has 3 nitrogen and oxygen atoms in total. The molecule has 0 radical (unpaired) electrons. The van der Waals surface area contributed by atoms with Crippen molar-refractivity contribution in [2.24, 2.45) is 0 Å². The first-order valence-electron chi connectivity index (χ1n) is 6.38. The molecule has 2 aromatic carbocycles. The summed E-state index contributed by atoms with van der Waals surface area (Å²) in [5.41, 5.74) is 0.506. The fraction of sp³-hybridized carbons (Fsp3) is 0.200. The van der Waals surface area contributed by atoms with Gasteiger partial charge in [-0.1, -0.05) is 34.1 Å². The van der Waals surface area contributed by atoms with Crippen LogP contribution in [0.4, 0.5) is 10.1 Å². The number of benzene rings is 2. The SMILES string of the molecule is CC(C)N(c1ccccc1)S(=O)(=O)c1cc(Br)ccc1F. The lowest BCUT2D eigenvalue weighted by Crippen LogP contribution is -2.37. The Bertz CT molecular complexity index is 733. The Morgan fingerprint density at radius 3 is 2.29 bits per heavy atom. The Balaban J connectivity index is 2.61. The number of para-hydroxylation sites is 1. The summed E-state index contributed by atoms with van der Waals surface area (Å²) in [7, 11) is -3.98. The summed E-state index contributed by atoms with van der Waals surface area (Å²) in [6, 6.07) is 12.2. The van der Waals surface area contributed by atoms with E-state index >= 15 is 0 Å². The first-order chi connectivity index (χ1) is 9.84. The van der Waals surface area contributed by atoms with E-state index in [0.717, 1.165) is 6.07 Å². The van der Waals surface area contributed by atoms with Gasteiger partial charge in [0.15, 0.2) is 0 Å². The van der Waals surface area contributed by atoms with Gasteiger partial charge in [0, 0.05) is 10.5 Å². The quantitative estimate of drug-likeness (QED) is 0.807. The zero-order chi connectivity index (χ0) is 15.6. The van der Waals surface area contributed by atoms with Crippen LogP contribution in [0.1, 0.15) is 13.8 Å². The Kier molecular flexibility index (Phi) is 4.68. The number of rotatable bonds is 4. The molecule has 0 bridgehead atoms. The maximum Gasteiger partial charge on any atom is 0.267 e. The molecule has 6 heteroatoms. The highest BCUT2D eigenvalue weighted by molar-refractivity contribution is 9.10. The summed E-state index contributed by atoms with van der Waals surface area (Å²) in [6.07, 6.45) is 0. The molecule has 0 heterocycles. The average molecular weight is 372 g/mol. The summed E-state index contributed by atoms with van der Waals surface area (Å²) < 4.78 is 41.3. The normalized spacial score (nSPS) is 11.7. The maximum atomic E-state index is 14.0. The van der Waals surface area contributed by atoms with E-state index in [1.165, 1.54) is 16.4 Å². The Morgan fingerprint density at radius 1 is 1.10 bits per heavy atom. The third-order valence-corrected chi connectivity index (χ3v) is 5.42. The summed E-state index contributed by atoms with van der Waals surface area (Å²) in [5.74, 6) is -0.764. The molecule has 21 heavy (non-hydrogen) atoms. The van der Waals surface area contributed by atoms with E-state index in [4.69, 9.17) is 0 Å². The largest absolute Gasteiger partial charge is 0.267 e. The fourth-order valence-corrected chi connectivity index (χ4v) is 4.34. The molecule has 0 N–H and O–H groups in total. The van der Waals surface area contributed by atoms with Gasteiger partial charge in [-0.3, -0.25) is 4.31 Å². The summed E-state index contributed by atoms with van der Waals surface area (Å²) in [6.45, 7) is 3.50. The van der Waals surface area contributed by atoms with Crippen LogP contribution in [0.5, 0.6) is 0 Å². The minimum absolute atomic E-state index is 0.337. The van der Waals surface area contributed by atoms with Gasteiger partial charge in [-0.15, -0.1) is 0 Å². The van der Waals surface area contributed by atoms with E-state index in [1.807, 2.05) is 0 Å². The lowest BCUT2D eigenvalue weighted by Gasteiger charge is -2.28. The molecule has 0 amide bonds. The molecular formula is C15H15BrFNO2S. The first kappa shape index (κ1) is 16.0. The van der Waals surface area contributed by atoms with Crippen LogP contribution in [0, 0.1) is 5.82 Å². The van der Waals surface area contributed by atoms with Crippen molar-refractivity contribution >= 4 is 31.6 Å². The summed E-state index contributed by atoms with van der Waals surface area (Å²) >= 11 is 3.18. The molecular weight excluding hydrogens is 357 g/mol. The van der Waals surface area contributed by atoms with Gasteiger partial charge < -0.3 is 0 Å². The summed E-state index contributed by atoms with van der Waals surface area (Å²) in [4.78, 5) is -0.338. The van der Waals surface area contributed by atoms with Crippen molar-refractivity contribution in [2.45, 2.75) is 24.8 Å². The molecule has 112 valence electrons. The van der Waals surface area contributed by atoms with Crippen molar-refractivity contribution in [3.8, 4) is 0 Å². The Morgan fingerprint density at radius 2 is 1.71 bits per heavy atom. The van der Waals surface area contributed by atoms with E-state index in [1.54, 1.807) is 44.2 Å². The number of anilines is 1. The molecule has 2 aromatic rings. The molecule has 0 spiro atoms. The maximum absolute atomic E-state index is 14.0. The molecule has 0 saturated heterocycles. The van der Waals surface area contributed by atoms with Crippen LogP contribution in [-0.2, 0) is 10.0 Å². The van der Waals surface area contributed by atoms with Crippen LogP contribution >= 0.6 is 15.9 Å². The van der Waals surface area contributed by atoms with E-state index in [2.05, 4.69) is 15.9 Å². The third-order valence-electron chi connectivity index (χ3n) is 2.91. The number of hydrogen-bond donors (Lipinski definition) is 0. The van der Waals surface area contributed by atoms with Crippen molar-refractivity contribution in [3.63, 3.8) is 0 Å². The van der Waals surface area contributed by atoms with Crippen LogP contribution in [0.2, 0.25) is 0 Å². The van der Waals surface area contributed by atoms with E-state index < -0.39 is 15.8 Å². The Hall–Kier alpha value is -1.40. The average Bonchev–Trinajstić information content (AvgIpc) is 2.42. The highest BCUT2D eigenvalue weighted by Gasteiger charge is 2.30.